The Labute approximate surface area is 126 Å². The number of aliphatic hydroxyl groups is 1. The van der Waals surface area contributed by atoms with E-state index in [0.717, 1.165) is 41.7 Å². The lowest BCUT2D eigenvalue weighted by atomic mass is 10.00. The van der Waals surface area contributed by atoms with E-state index in [0.29, 0.717) is 11.8 Å². The van der Waals surface area contributed by atoms with Crippen LogP contribution < -0.4 is 10.6 Å². The van der Waals surface area contributed by atoms with E-state index in [1.165, 1.54) is 0 Å². The summed E-state index contributed by atoms with van der Waals surface area (Å²) in [6.45, 7) is 1.75. The summed E-state index contributed by atoms with van der Waals surface area (Å²) in [6, 6.07) is 5.71. The van der Waals surface area contributed by atoms with Gasteiger partial charge in [0.15, 0.2) is 5.84 Å². The predicted molar refractivity (Wildman–Crippen MR) is 81.1 cm³/mol. The number of halogens is 1. The van der Waals surface area contributed by atoms with Crippen LogP contribution in [-0.4, -0.2) is 35.3 Å². The fourth-order valence-corrected chi connectivity index (χ4v) is 3.82. The van der Waals surface area contributed by atoms with Crippen molar-refractivity contribution >= 4 is 27.5 Å². The number of rotatable bonds is 2. The Bertz CT molecular complexity index is 549. The predicted octanol–water partition coefficient (Wildman–Crippen LogP) is 1.75. The molecule has 1 aliphatic carbocycles. The summed E-state index contributed by atoms with van der Waals surface area (Å²) in [5.74, 6) is 1.00. The van der Waals surface area contributed by atoms with Gasteiger partial charge in [-0.25, -0.2) is 0 Å². The van der Waals surface area contributed by atoms with Crippen LogP contribution in [0.15, 0.2) is 27.8 Å². The molecule has 0 aromatic heterocycles. The Hall–Kier alpha value is -1.27. The molecule has 0 amide bonds. The van der Waals surface area contributed by atoms with Gasteiger partial charge in [0.05, 0.1) is 6.10 Å². The number of hydrogen-bond acceptors (Lipinski definition) is 4. The van der Waals surface area contributed by atoms with E-state index >= 15 is 0 Å². The van der Waals surface area contributed by atoms with Crippen molar-refractivity contribution < 1.29 is 10.3 Å². The van der Waals surface area contributed by atoms with Crippen molar-refractivity contribution in [3.63, 3.8) is 0 Å². The molecule has 3 atom stereocenters. The molecule has 0 spiro atoms. The molecule has 20 heavy (non-hydrogen) atoms. The number of nitrogens with two attached hydrogens (primary N) is 1. The first-order valence-corrected chi connectivity index (χ1v) is 7.60. The van der Waals surface area contributed by atoms with Crippen molar-refractivity contribution in [1.29, 1.82) is 0 Å². The smallest absolute Gasteiger partial charge is 0.172 e. The quantitative estimate of drug-likeness (QED) is 0.332. The highest BCUT2D eigenvalue weighted by Crippen LogP contribution is 2.41. The molecule has 1 aromatic carbocycles. The maximum absolute atomic E-state index is 10.0. The molecule has 2 fully saturated rings. The zero-order chi connectivity index (χ0) is 14.3. The summed E-state index contributed by atoms with van der Waals surface area (Å²) in [5.41, 5.74) is 7.45. The van der Waals surface area contributed by atoms with Gasteiger partial charge in [0.1, 0.15) is 0 Å². The van der Waals surface area contributed by atoms with Crippen LogP contribution in [0.5, 0.6) is 0 Å². The first-order chi connectivity index (χ1) is 9.60. The normalized spacial score (nSPS) is 29.8. The Balaban J connectivity index is 1.93. The highest BCUT2D eigenvalue weighted by atomic mass is 79.9. The molecule has 3 rings (SSSR count). The average Bonchev–Trinajstić information content (AvgIpc) is 3.00. The fourth-order valence-electron chi connectivity index (χ4n) is 3.47. The van der Waals surface area contributed by atoms with Gasteiger partial charge >= 0.3 is 0 Å². The highest BCUT2D eigenvalue weighted by Gasteiger charge is 2.42. The molecule has 1 saturated heterocycles. The summed E-state index contributed by atoms with van der Waals surface area (Å²) >= 11 is 3.47. The molecule has 4 N–H and O–H groups in total. The van der Waals surface area contributed by atoms with Crippen molar-refractivity contribution in [3.8, 4) is 0 Å². The molecule has 1 aromatic rings. The largest absolute Gasteiger partial charge is 0.409 e. The van der Waals surface area contributed by atoms with E-state index in [1.54, 1.807) is 0 Å². The average molecular weight is 340 g/mol. The number of aliphatic hydroxyl groups excluding tert-OH is 1. The second kappa shape index (κ2) is 5.26. The fraction of sp³-hybridized carbons (Fsp3) is 0.500. The molecule has 1 heterocycles. The van der Waals surface area contributed by atoms with Crippen molar-refractivity contribution in [3.05, 3.63) is 28.2 Å². The topological polar surface area (TPSA) is 82.1 Å². The Morgan fingerprint density at radius 1 is 1.35 bits per heavy atom. The minimum atomic E-state index is -0.190. The third-order valence-corrected chi connectivity index (χ3v) is 5.00. The highest BCUT2D eigenvalue weighted by molar-refractivity contribution is 9.10. The zero-order valence-electron chi connectivity index (χ0n) is 11.0. The van der Waals surface area contributed by atoms with Gasteiger partial charge in [-0.15, -0.1) is 0 Å². The number of amidine groups is 1. The van der Waals surface area contributed by atoms with Crippen molar-refractivity contribution in [2.24, 2.45) is 22.7 Å². The van der Waals surface area contributed by atoms with E-state index in [-0.39, 0.29) is 11.9 Å². The molecule has 2 aliphatic rings. The first kappa shape index (κ1) is 13.7. The summed E-state index contributed by atoms with van der Waals surface area (Å²) < 4.78 is 0.958. The van der Waals surface area contributed by atoms with Crippen LogP contribution in [-0.2, 0) is 0 Å². The minimum Gasteiger partial charge on any atom is -0.409 e. The van der Waals surface area contributed by atoms with Gasteiger partial charge in [-0.3, -0.25) is 0 Å². The van der Waals surface area contributed by atoms with Crippen molar-refractivity contribution in [1.82, 2.24) is 0 Å². The number of oxime groups is 1. The molecular weight excluding hydrogens is 322 g/mol. The van der Waals surface area contributed by atoms with Crippen LogP contribution in [0.3, 0.4) is 0 Å². The third kappa shape index (κ3) is 2.27. The lowest BCUT2D eigenvalue weighted by molar-refractivity contribution is 0.133. The Kier molecular flexibility index (Phi) is 3.60. The second-order valence-corrected chi connectivity index (χ2v) is 6.54. The zero-order valence-corrected chi connectivity index (χ0v) is 12.6. The van der Waals surface area contributed by atoms with Crippen LogP contribution in [0.25, 0.3) is 0 Å². The van der Waals surface area contributed by atoms with Gasteiger partial charge in [-0.2, -0.15) is 0 Å². The number of fused-ring (bicyclic) bond motifs is 1. The summed E-state index contributed by atoms with van der Waals surface area (Å²) in [6.07, 6.45) is 1.80. The molecule has 0 bridgehead atoms. The molecule has 108 valence electrons. The van der Waals surface area contributed by atoms with Gasteiger partial charge < -0.3 is 20.9 Å². The Morgan fingerprint density at radius 3 is 2.85 bits per heavy atom. The van der Waals surface area contributed by atoms with Crippen LogP contribution in [0, 0.1) is 11.8 Å². The summed E-state index contributed by atoms with van der Waals surface area (Å²) in [7, 11) is 0. The van der Waals surface area contributed by atoms with E-state index in [1.807, 2.05) is 18.2 Å². The monoisotopic (exact) mass is 339 g/mol. The number of anilines is 1. The van der Waals surface area contributed by atoms with E-state index < -0.39 is 0 Å². The molecule has 0 radical (unpaired) electrons. The number of benzene rings is 1. The van der Waals surface area contributed by atoms with E-state index in [4.69, 9.17) is 10.9 Å². The SMILES string of the molecule is N/C(=N/O)c1ccc(Br)cc1N1CC2CCC(O)C2C1. The number of hydrogen-bond donors (Lipinski definition) is 3. The van der Waals surface area contributed by atoms with Gasteiger partial charge in [0.2, 0.25) is 0 Å². The van der Waals surface area contributed by atoms with Crippen LogP contribution >= 0.6 is 15.9 Å². The van der Waals surface area contributed by atoms with Crippen LogP contribution in [0.2, 0.25) is 0 Å². The molecule has 3 unspecified atom stereocenters. The van der Waals surface area contributed by atoms with Crippen molar-refractivity contribution in [2.75, 3.05) is 18.0 Å². The molecule has 1 aliphatic heterocycles. The maximum Gasteiger partial charge on any atom is 0.172 e. The Morgan fingerprint density at radius 2 is 2.15 bits per heavy atom. The maximum atomic E-state index is 10.0. The lowest BCUT2D eigenvalue weighted by Crippen LogP contribution is -2.27. The lowest BCUT2D eigenvalue weighted by Gasteiger charge is -2.23. The van der Waals surface area contributed by atoms with E-state index in [2.05, 4.69) is 26.0 Å². The molecule has 1 saturated carbocycles. The molecule has 6 heteroatoms. The van der Waals surface area contributed by atoms with E-state index in [9.17, 15) is 5.11 Å². The van der Waals surface area contributed by atoms with Gasteiger partial charge in [-0.1, -0.05) is 21.1 Å². The van der Waals surface area contributed by atoms with Crippen LogP contribution in [0.1, 0.15) is 18.4 Å². The van der Waals surface area contributed by atoms with Crippen LogP contribution in [0.4, 0.5) is 5.69 Å². The van der Waals surface area contributed by atoms with Gasteiger partial charge in [0, 0.05) is 34.7 Å². The van der Waals surface area contributed by atoms with Crippen molar-refractivity contribution in [2.45, 2.75) is 18.9 Å². The third-order valence-electron chi connectivity index (χ3n) is 4.50. The molecule has 5 nitrogen and oxygen atoms in total. The summed E-state index contributed by atoms with van der Waals surface area (Å²) in [5, 5.41) is 22.1. The van der Waals surface area contributed by atoms with Gasteiger partial charge in [0.25, 0.3) is 0 Å². The van der Waals surface area contributed by atoms with Gasteiger partial charge in [-0.05, 0) is 37.0 Å². The number of nitrogens with zero attached hydrogens (tertiary/aromatic N) is 2. The first-order valence-electron chi connectivity index (χ1n) is 6.80. The standard InChI is InChI=1S/C14H18BrN3O2/c15-9-2-3-10(14(16)17-20)12(5-9)18-6-8-1-4-13(19)11(8)7-18/h2-3,5,8,11,13,19-20H,1,4,6-7H2,(H2,16,17). The molecular formula is C14H18BrN3O2. The summed E-state index contributed by atoms with van der Waals surface area (Å²) in [4.78, 5) is 2.23. The minimum absolute atomic E-state index is 0.116. The second-order valence-electron chi connectivity index (χ2n) is 5.62.